The third-order valence-corrected chi connectivity index (χ3v) is 12.0. The number of furan rings is 2. The average Bonchev–Trinajstić information content (AvgIpc) is 3.94. The third kappa shape index (κ3) is 6.06. The minimum absolute atomic E-state index is 0.838. The Balaban J connectivity index is 0.000000248. The molecule has 0 aliphatic heterocycles. The van der Waals surface area contributed by atoms with Crippen LogP contribution in [0.1, 0.15) is 16.7 Å². The molecular weight excluding hydrogens is 731 g/mol. The molecule has 0 bridgehead atoms. The highest BCUT2D eigenvalue weighted by Crippen LogP contribution is 2.41. The van der Waals surface area contributed by atoms with E-state index in [0.717, 1.165) is 55.1 Å². The van der Waals surface area contributed by atoms with Crippen LogP contribution in [0.15, 0.2) is 203 Å². The van der Waals surface area contributed by atoms with E-state index in [2.05, 4.69) is 213 Å². The van der Waals surface area contributed by atoms with E-state index in [1.807, 2.05) is 6.07 Å². The molecule has 12 rings (SSSR count). The van der Waals surface area contributed by atoms with Crippen LogP contribution in [0.25, 0.3) is 105 Å². The largest absolute Gasteiger partial charge is 0.456 e. The van der Waals surface area contributed by atoms with Crippen LogP contribution in [0.5, 0.6) is 0 Å². The van der Waals surface area contributed by atoms with Crippen molar-refractivity contribution in [1.29, 1.82) is 0 Å². The molecule has 3 nitrogen and oxygen atoms in total. The Kier molecular flexibility index (Phi) is 8.49. The monoisotopic (exact) mass is 771 g/mol. The van der Waals surface area contributed by atoms with Gasteiger partial charge < -0.3 is 13.4 Å². The summed E-state index contributed by atoms with van der Waals surface area (Å²) in [6.45, 7) is 6.43. The summed E-state index contributed by atoms with van der Waals surface area (Å²) in [7, 11) is 0. The van der Waals surface area contributed by atoms with Crippen molar-refractivity contribution in [3.63, 3.8) is 0 Å². The number of nitrogens with zero attached hydrogens (tertiary/aromatic N) is 1. The quantitative estimate of drug-likeness (QED) is 0.178. The van der Waals surface area contributed by atoms with Crippen molar-refractivity contribution in [2.45, 2.75) is 20.8 Å². The molecule has 9 aromatic carbocycles. The van der Waals surface area contributed by atoms with Crippen LogP contribution in [0, 0.1) is 20.8 Å². The van der Waals surface area contributed by atoms with Gasteiger partial charge in [-0.25, -0.2) is 0 Å². The number of benzene rings is 9. The topological polar surface area (TPSA) is 31.2 Å². The van der Waals surface area contributed by atoms with Gasteiger partial charge in [0.15, 0.2) is 0 Å². The molecule has 0 atom stereocenters. The second kappa shape index (κ2) is 14.3. The highest BCUT2D eigenvalue weighted by molar-refractivity contribution is 6.16. The molecule has 3 heteroatoms. The fraction of sp³-hybridized carbons (Fsp3) is 0.0526. The van der Waals surface area contributed by atoms with Gasteiger partial charge in [0.05, 0.1) is 11.0 Å². The van der Waals surface area contributed by atoms with Gasteiger partial charge in [-0.15, -0.1) is 0 Å². The number of fused-ring (bicyclic) bond motifs is 9. The molecule has 286 valence electrons. The predicted molar refractivity (Wildman–Crippen MR) is 252 cm³/mol. The van der Waals surface area contributed by atoms with Gasteiger partial charge in [-0.05, 0) is 132 Å². The lowest BCUT2D eigenvalue weighted by Gasteiger charge is -2.08. The number of hydrogen-bond acceptors (Lipinski definition) is 2. The lowest BCUT2D eigenvalue weighted by Crippen LogP contribution is -1.93. The van der Waals surface area contributed by atoms with Crippen molar-refractivity contribution < 1.29 is 8.83 Å². The molecule has 0 fully saturated rings. The number of para-hydroxylation sites is 1. The van der Waals surface area contributed by atoms with Crippen LogP contribution in [0.2, 0.25) is 0 Å². The van der Waals surface area contributed by atoms with Gasteiger partial charge >= 0.3 is 0 Å². The van der Waals surface area contributed by atoms with Crippen LogP contribution in [0.4, 0.5) is 0 Å². The van der Waals surface area contributed by atoms with E-state index in [1.54, 1.807) is 0 Å². The Bertz CT molecular complexity index is 3520. The molecular formula is C57H41NO2. The number of hydrogen-bond donors (Lipinski definition) is 0. The Labute approximate surface area is 348 Å². The summed E-state index contributed by atoms with van der Waals surface area (Å²) in [6.07, 6.45) is 0. The second-order valence-corrected chi connectivity index (χ2v) is 15.9. The summed E-state index contributed by atoms with van der Waals surface area (Å²) < 4.78 is 14.9. The molecule has 0 amide bonds. The molecule has 0 aliphatic carbocycles. The van der Waals surface area contributed by atoms with Gasteiger partial charge in [0.1, 0.15) is 22.3 Å². The molecule has 3 aromatic heterocycles. The minimum atomic E-state index is 0.838. The molecule has 0 N–H and O–H groups in total. The molecule has 0 radical (unpaired) electrons. The van der Waals surface area contributed by atoms with Crippen molar-refractivity contribution >= 4 is 65.7 Å². The number of rotatable bonds is 4. The fourth-order valence-corrected chi connectivity index (χ4v) is 8.96. The van der Waals surface area contributed by atoms with Crippen LogP contribution in [-0.2, 0) is 0 Å². The van der Waals surface area contributed by atoms with Crippen LogP contribution < -0.4 is 0 Å². The van der Waals surface area contributed by atoms with Crippen LogP contribution >= 0.6 is 0 Å². The zero-order valence-corrected chi connectivity index (χ0v) is 33.7. The highest BCUT2D eigenvalue weighted by atomic mass is 16.3. The van der Waals surface area contributed by atoms with E-state index in [9.17, 15) is 0 Å². The average molecular weight is 772 g/mol. The SMILES string of the molecule is Cc1ccc2oc3cc4oc5ccc(-c6ccc7c(c6)c6cc(-c8ccccc8)ccc6n7-c6ccccc6)cc5c4cc3c2c1.Cc1ccccc1-c1ccccc1C. The highest BCUT2D eigenvalue weighted by Gasteiger charge is 2.17. The Hall–Kier alpha value is -7.62. The smallest absolute Gasteiger partial charge is 0.139 e. The first-order chi connectivity index (χ1) is 29.5. The lowest BCUT2D eigenvalue weighted by molar-refractivity contribution is 0.656. The van der Waals surface area contributed by atoms with E-state index < -0.39 is 0 Å². The van der Waals surface area contributed by atoms with Crippen LogP contribution in [-0.4, -0.2) is 4.57 Å². The van der Waals surface area contributed by atoms with E-state index in [0.29, 0.717) is 0 Å². The van der Waals surface area contributed by atoms with Crippen molar-refractivity contribution in [3.8, 4) is 39.1 Å². The molecule has 0 spiro atoms. The molecule has 0 aliphatic rings. The first-order valence-electron chi connectivity index (χ1n) is 20.6. The molecule has 12 aromatic rings. The summed E-state index contributed by atoms with van der Waals surface area (Å²) in [5.74, 6) is 0. The molecule has 0 saturated heterocycles. The normalized spacial score (nSPS) is 11.6. The van der Waals surface area contributed by atoms with Gasteiger partial charge in [0.2, 0.25) is 0 Å². The van der Waals surface area contributed by atoms with E-state index in [4.69, 9.17) is 8.83 Å². The molecule has 0 saturated carbocycles. The molecule has 60 heavy (non-hydrogen) atoms. The molecule has 0 unspecified atom stereocenters. The summed E-state index contributed by atoms with van der Waals surface area (Å²) in [5.41, 5.74) is 18.3. The first-order valence-corrected chi connectivity index (χ1v) is 20.6. The summed E-state index contributed by atoms with van der Waals surface area (Å²) in [5, 5.41) is 6.92. The van der Waals surface area contributed by atoms with Crippen molar-refractivity contribution in [2.75, 3.05) is 0 Å². The van der Waals surface area contributed by atoms with E-state index in [1.165, 1.54) is 66.3 Å². The summed E-state index contributed by atoms with van der Waals surface area (Å²) >= 11 is 0. The van der Waals surface area contributed by atoms with Gasteiger partial charge in [-0.3, -0.25) is 0 Å². The lowest BCUT2D eigenvalue weighted by atomic mass is 9.97. The Morgan fingerprint density at radius 2 is 0.767 bits per heavy atom. The third-order valence-electron chi connectivity index (χ3n) is 12.0. The maximum Gasteiger partial charge on any atom is 0.139 e. The summed E-state index contributed by atoms with van der Waals surface area (Å²) in [6, 6.07) is 69.1. The van der Waals surface area contributed by atoms with Gasteiger partial charge in [-0.1, -0.05) is 127 Å². The standard InChI is InChI=1S/C43H27NO2.C14H14/c1-26-12-18-40-34(20-26)36-24-37-35-23-30(15-19-41(35)46-43(37)25-42(36)45-40)29-14-17-39-33(22-29)32-21-28(27-8-4-2-5-9-27)13-16-38(32)44(39)31-10-6-3-7-11-31;1-11-7-3-5-9-13(11)14-10-6-4-8-12(14)2/h2-25H,1H3;3-10H,1-2H3. The van der Waals surface area contributed by atoms with Gasteiger partial charge in [0.25, 0.3) is 0 Å². The molecule has 3 heterocycles. The van der Waals surface area contributed by atoms with Crippen molar-refractivity contribution in [2.24, 2.45) is 0 Å². The maximum absolute atomic E-state index is 6.34. The van der Waals surface area contributed by atoms with Crippen molar-refractivity contribution in [3.05, 3.63) is 211 Å². The Morgan fingerprint density at radius 1 is 0.317 bits per heavy atom. The second-order valence-electron chi connectivity index (χ2n) is 15.9. The number of aryl methyl sites for hydroxylation is 3. The maximum atomic E-state index is 6.34. The first kappa shape index (κ1) is 35.5. The van der Waals surface area contributed by atoms with Gasteiger partial charge in [-0.2, -0.15) is 0 Å². The van der Waals surface area contributed by atoms with E-state index >= 15 is 0 Å². The minimum Gasteiger partial charge on any atom is -0.456 e. The Morgan fingerprint density at radius 3 is 1.35 bits per heavy atom. The predicted octanol–water partition coefficient (Wildman–Crippen LogP) is 16.2. The summed E-state index contributed by atoms with van der Waals surface area (Å²) in [4.78, 5) is 0. The zero-order valence-electron chi connectivity index (χ0n) is 33.7. The number of aromatic nitrogens is 1. The zero-order chi connectivity index (χ0) is 40.3. The fourth-order valence-electron chi connectivity index (χ4n) is 8.96. The van der Waals surface area contributed by atoms with Crippen LogP contribution in [0.3, 0.4) is 0 Å². The van der Waals surface area contributed by atoms with E-state index in [-0.39, 0.29) is 0 Å². The van der Waals surface area contributed by atoms with Gasteiger partial charge in [0, 0.05) is 44.1 Å². The van der Waals surface area contributed by atoms with Crippen molar-refractivity contribution in [1.82, 2.24) is 4.57 Å².